The molecule has 0 unspecified atom stereocenters. The Morgan fingerprint density at radius 3 is 2.45 bits per heavy atom. The Labute approximate surface area is 235 Å². The summed E-state index contributed by atoms with van der Waals surface area (Å²) >= 11 is 0. The van der Waals surface area contributed by atoms with Crippen LogP contribution in [0.25, 0.3) is 11.1 Å². The summed E-state index contributed by atoms with van der Waals surface area (Å²) in [7, 11) is 0. The molecule has 0 fully saturated rings. The van der Waals surface area contributed by atoms with Gasteiger partial charge in [-0.25, -0.2) is 4.39 Å². The first kappa shape index (κ1) is 28.4. The highest BCUT2D eigenvalue weighted by atomic mass is 19.1. The van der Waals surface area contributed by atoms with Gasteiger partial charge in [0.15, 0.2) is 0 Å². The second-order valence-corrected chi connectivity index (χ2v) is 9.66. The van der Waals surface area contributed by atoms with E-state index < -0.39 is 5.82 Å². The lowest BCUT2D eigenvalue weighted by atomic mass is 9.97. The Bertz CT molecular complexity index is 1500. The molecular formula is C34H33FN2O3. The highest BCUT2D eigenvalue weighted by Crippen LogP contribution is 2.30. The quantitative estimate of drug-likeness (QED) is 0.193. The number of nitrogens with zero attached hydrogens (tertiary/aromatic N) is 1. The first-order valence-electron chi connectivity index (χ1n) is 13.4. The minimum absolute atomic E-state index is 0.0120. The number of carbonyl (C=O) groups is 1. The summed E-state index contributed by atoms with van der Waals surface area (Å²) in [6, 6.07) is 28.5. The summed E-state index contributed by atoms with van der Waals surface area (Å²) in [6.07, 6.45) is 2.40. The van der Waals surface area contributed by atoms with Crippen molar-refractivity contribution in [3.63, 3.8) is 0 Å². The van der Waals surface area contributed by atoms with Crippen molar-refractivity contribution < 1.29 is 18.7 Å². The molecule has 1 N–H and O–H groups in total. The molecule has 5 nitrogen and oxygen atoms in total. The molecule has 1 amide bonds. The Hall–Kier alpha value is -4.63. The largest absolute Gasteiger partial charge is 0.489 e. The van der Waals surface area contributed by atoms with Crippen molar-refractivity contribution in [1.82, 2.24) is 5.32 Å². The van der Waals surface area contributed by atoms with Crippen LogP contribution in [0.3, 0.4) is 0 Å². The van der Waals surface area contributed by atoms with Crippen LogP contribution in [0.1, 0.15) is 47.6 Å². The normalized spacial score (nSPS) is 10.6. The van der Waals surface area contributed by atoms with E-state index in [2.05, 4.69) is 36.5 Å². The van der Waals surface area contributed by atoms with Crippen molar-refractivity contribution in [2.24, 2.45) is 0 Å². The third-order valence-corrected chi connectivity index (χ3v) is 6.77. The Kier molecular flexibility index (Phi) is 9.90. The van der Waals surface area contributed by atoms with Crippen molar-refractivity contribution in [2.45, 2.75) is 46.3 Å². The lowest BCUT2D eigenvalue weighted by Gasteiger charge is -2.16. The van der Waals surface area contributed by atoms with Gasteiger partial charge in [-0.15, -0.1) is 0 Å². The van der Waals surface area contributed by atoms with E-state index in [4.69, 9.17) is 9.47 Å². The zero-order chi connectivity index (χ0) is 28.3. The molecule has 0 saturated heterocycles. The van der Waals surface area contributed by atoms with Crippen LogP contribution in [0.4, 0.5) is 4.39 Å². The fourth-order valence-electron chi connectivity index (χ4n) is 4.51. The first-order valence-corrected chi connectivity index (χ1v) is 13.4. The maximum Gasteiger partial charge on any atom is 0.216 e. The molecule has 4 aromatic carbocycles. The average Bonchev–Trinajstić information content (AvgIpc) is 2.97. The summed E-state index contributed by atoms with van der Waals surface area (Å²) in [6.45, 7) is 4.59. The number of aryl methyl sites for hydroxylation is 1. The number of benzene rings is 4. The fourth-order valence-corrected chi connectivity index (χ4v) is 4.51. The van der Waals surface area contributed by atoms with Crippen LogP contribution < -0.4 is 14.8 Å². The third kappa shape index (κ3) is 7.70. The van der Waals surface area contributed by atoms with Gasteiger partial charge in [0, 0.05) is 25.1 Å². The minimum atomic E-state index is -0.419. The third-order valence-electron chi connectivity index (χ3n) is 6.77. The van der Waals surface area contributed by atoms with Gasteiger partial charge in [-0.05, 0) is 78.3 Å². The van der Waals surface area contributed by atoms with Gasteiger partial charge in [0.05, 0.1) is 11.6 Å². The van der Waals surface area contributed by atoms with E-state index in [-0.39, 0.29) is 12.5 Å². The number of unbranched alkanes of at least 4 members (excludes halogenated alkanes) is 1. The Balaban J connectivity index is 1.50. The molecule has 0 atom stereocenters. The predicted molar refractivity (Wildman–Crippen MR) is 154 cm³/mol. The maximum atomic E-state index is 14.4. The first-order chi connectivity index (χ1) is 19.4. The van der Waals surface area contributed by atoms with Crippen molar-refractivity contribution in [3.8, 4) is 28.7 Å². The Morgan fingerprint density at radius 1 is 0.875 bits per heavy atom. The predicted octanol–water partition coefficient (Wildman–Crippen LogP) is 7.29. The van der Waals surface area contributed by atoms with Crippen LogP contribution in [0.15, 0.2) is 84.9 Å². The van der Waals surface area contributed by atoms with Gasteiger partial charge in [-0.3, -0.25) is 4.79 Å². The van der Waals surface area contributed by atoms with Crippen LogP contribution >= 0.6 is 0 Å². The molecule has 0 bridgehead atoms. The number of nitriles is 1. The molecule has 0 heterocycles. The minimum Gasteiger partial charge on any atom is -0.489 e. The average molecular weight is 537 g/mol. The lowest BCUT2D eigenvalue weighted by Crippen LogP contribution is -2.20. The highest BCUT2D eigenvalue weighted by molar-refractivity contribution is 5.72. The molecule has 204 valence electrons. The fraction of sp³-hybridized carbons (Fsp3) is 0.235. The number of halogens is 1. The van der Waals surface area contributed by atoms with Crippen LogP contribution in [0, 0.1) is 24.1 Å². The van der Waals surface area contributed by atoms with Crippen molar-refractivity contribution >= 4 is 5.91 Å². The molecule has 0 aliphatic carbocycles. The van der Waals surface area contributed by atoms with Crippen molar-refractivity contribution in [2.75, 3.05) is 6.54 Å². The zero-order valence-corrected chi connectivity index (χ0v) is 22.9. The summed E-state index contributed by atoms with van der Waals surface area (Å²) in [5, 5.41) is 12.0. The van der Waals surface area contributed by atoms with E-state index >= 15 is 0 Å². The number of hydrogen-bond acceptors (Lipinski definition) is 4. The smallest absolute Gasteiger partial charge is 0.216 e. The van der Waals surface area contributed by atoms with Crippen molar-refractivity contribution in [1.29, 1.82) is 5.26 Å². The molecule has 6 heteroatoms. The lowest BCUT2D eigenvalue weighted by molar-refractivity contribution is -0.118. The standard InChI is InChI=1S/C34H33FN2O3/c1-24-29(12-8-13-32(24)27-9-4-3-5-10-27)22-39-31-16-15-28(11-6-7-18-37-25(2)38)34(20-31)40-23-30-19-26(21-36)14-17-33(30)35/h3-5,8-10,12-17,19-20H,6-7,11,18,22-23H2,1-2H3,(H,37,38). The van der Waals surface area contributed by atoms with Gasteiger partial charge in [-0.1, -0.05) is 54.6 Å². The summed E-state index contributed by atoms with van der Waals surface area (Å²) in [4.78, 5) is 11.1. The zero-order valence-electron chi connectivity index (χ0n) is 22.9. The number of amides is 1. The number of ether oxygens (including phenoxy) is 2. The van der Waals surface area contributed by atoms with Gasteiger partial charge in [0.25, 0.3) is 0 Å². The molecule has 0 saturated carbocycles. The van der Waals surface area contributed by atoms with E-state index in [0.29, 0.717) is 35.8 Å². The van der Waals surface area contributed by atoms with Crippen molar-refractivity contribution in [3.05, 3.63) is 119 Å². The molecule has 0 aromatic heterocycles. The van der Waals surface area contributed by atoms with E-state index in [1.54, 1.807) is 0 Å². The molecule has 0 aliphatic rings. The van der Waals surface area contributed by atoms with E-state index in [0.717, 1.165) is 41.5 Å². The van der Waals surface area contributed by atoms with Crippen LogP contribution in [-0.4, -0.2) is 12.5 Å². The summed E-state index contributed by atoms with van der Waals surface area (Å²) in [5.41, 5.74) is 6.23. The van der Waals surface area contributed by atoms with Gasteiger partial charge in [-0.2, -0.15) is 5.26 Å². The van der Waals surface area contributed by atoms with Crippen LogP contribution in [0.2, 0.25) is 0 Å². The van der Waals surface area contributed by atoms with Gasteiger partial charge >= 0.3 is 0 Å². The van der Waals surface area contributed by atoms with Crippen LogP contribution in [0.5, 0.6) is 11.5 Å². The molecule has 4 rings (SSSR count). The number of rotatable bonds is 12. The molecule has 0 radical (unpaired) electrons. The molecule has 4 aromatic rings. The van der Waals surface area contributed by atoms with Gasteiger partial charge in [0.2, 0.25) is 5.91 Å². The van der Waals surface area contributed by atoms with E-state index in [1.165, 1.54) is 30.7 Å². The number of carbonyl (C=O) groups excluding carboxylic acids is 1. The molecule has 0 aliphatic heterocycles. The molecule has 0 spiro atoms. The molecular weight excluding hydrogens is 503 g/mol. The number of hydrogen-bond donors (Lipinski definition) is 1. The number of nitrogens with one attached hydrogen (secondary N) is 1. The Morgan fingerprint density at radius 2 is 1.68 bits per heavy atom. The summed E-state index contributed by atoms with van der Waals surface area (Å²) in [5.74, 6) is 0.787. The topological polar surface area (TPSA) is 71.3 Å². The monoisotopic (exact) mass is 536 g/mol. The second kappa shape index (κ2) is 14.0. The van der Waals surface area contributed by atoms with E-state index in [1.807, 2.05) is 48.5 Å². The molecule has 40 heavy (non-hydrogen) atoms. The van der Waals surface area contributed by atoms with Crippen LogP contribution in [-0.2, 0) is 24.4 Å². The summed E-state index contributed by atoms with van der Waals surface area (Å²) < 4.78 is 26.7. The van der Waals surface area contributed by atoms with E-state index in [9.17, 15) is 14.4 Å². The van der Waals surface area contributed by atoms with Gasteiger partial charge in [0.1, 0.15) is 30.5 Å². The maximum absolute atomic E-state index is 14.4. The highest BCUT2D eigenvalue weighted by Gasteiger charge is 2.12. The SMILES string of the molecule is CC(=O)NCCCCc1ccc(OCc2cccc(-c3ccccc3)c2C)cc1OCc1cc(C#N)ccc1F. The second-order valence-electron chi connectivity index (χ2n) is 9.66. The van der Waals surface area contributed by atoms with Gasteiger partial charge < -0.3 is 14.8 Å².